The Morgan fingerprint density at radius 1 is 1.32 bits per heavy atom. The minimum absolute atomic E-state index is 0.259. The highest BCUT2D eigenvalue weighted by atomic mass is 16.5. The van der Waals surface area contributed by atoms with Gasteiger partial charge in [-0.25, -0.2) is 4.79 Å². The average Bonchev–Trinajstić information content (AvgIpc) is 2.39. The Morgan fingerprint density at radius 2 is 2.11 bits per heavy atom. The molecule has 1 unspecified atom stereocenters. The van der Waals surface area contributed by atoms with Gasteiger partial charge < -0.3 is 10.1 Å². The molecule has 0 aliphatic rings. The minimum Gasteiger partial charge on any atom is -0.462 e. The highest BCUT2D eigenvalue weighted by Crippen LogP contribution is 2.15. The third-order valence-electron chi connectivity index (χ3n) is 3.03. The molecule has 1 N–H and O–H groups in total. The molecule has 1 rings (SSSR count). The van der Waals surface area contributed by atoms with Crippen LogP contribution >= 0.6 is 0 Å². The molecule has 0 saturated carbocycles. The van der Waals surface area contributed by atoms with Crippen LogP contribution in [-0.4, -0.2) is 18.6 Å². The van der Waals surface area contributed by atoms with Crippen LogP contribution in [0.4, 0.5) is 5.69 Å². The van der Waals surface area contributed by atoms with E-state index in [0.717, 1.165) is 12.1 Å². The SMILES string of the molecule is CCCCCC(C)Nc1cccc(C(=O)OCC)c1. The standard InChI is InChI=1S/C16H25NO2/c1-4-6-7-9-13(3)17-15-11-8-10-14(12-15)16(18)19-5-2/h8,10-13,17H,4-7,9H2,1-3H3. The van der Waals surface area contributed by atoms with Gasteiger partial charge in [0.1, 0.15) is 0 Å². The maximum Gasteiger partial charge on any atom is 0.338 e. The van der Waals surface area contributed by atoms with Gasteiger partial charge in [-0.2, -0.15) is 0 Å². The molecule has 0 bridgehead atoms. The lowest BCUT2D eigenvalue weighted by atomic mass is 10.1. The zero-order valence-electron chi connectivity index (χ0n) is 12.2. The number of carbonyl (C=O) groups excluding carboxylic acids is 1. The third kappa shape index (κ3) is 5.77. The summed E-state index contributed by atoms with van der Waals surface area (Å²) >= 11 is 0. The second-order valence-corrected chi connectivity index (χ2v) is 4.84. The number of esters is 1. The molecular formula is C16H25NO2. The van der Waals surface area contributed by atoms with E-state index in [1.807, 2.05) is 25.1 Å². The summed E-state index contributed by atoms with van der Waals surface area (Å²) in [6.07, 6.45) is 4.90. The molecule has 0 saturated heterocycles. The van der Waals surface area contributed by atoms with Crippen molar-refractivity contribution in [1.29, 1.82) is 0 Å². The maximum atomic E-state index is 11.6. The van der Waals surface area contributed by atoms with Crippen LogP contribution in [0.2, 0.25) is 0 Å². The fraction of sp³-hybridized carbons (Fsp3) is 0.562. The van der Waals surface area contributed by atoms with Crippen molar-refractivity contribution in [3.63, 3.8) is 0 Å². The molecular weight excluding hydrogens is 238 g/mol. The number of anilines is 1. The normalized spacial score (nSPS) is 11.9. The van der Waals surface area contributed by atoms with Crippen LogP contribution in [0.5, 0.6) is 0 Å². The lowest BCUT2D eigenvalue weighted by molar-refractivity contribution is 0.0526. The molecule has 0 aliphatic heterocycles. The number of rotatable bonds is 8. The van der Waals surface area contributed by atoms with Gasteiger partial charge in [0, 0.05) is 11.7 Å². The Morgan fingerprint density at radius 3 is 2.79 bits per heavy atom. The summed E-state index contributed by atoms with van der Waals surface area (Å²) in [5, 5.41) is 3.43. The van der Waals surface area contributed by atoms with Crippen LogP contribution in [0.15, 0.2) is 24.3 Å². The molecule has 0 radical (unpaired) electrons. The Kier molecular flexibility index (Phi) is 7.01. The number of benzene rings is 1. The first kappa shape index (κ1) is 15.5. The highest BCUT2D eigenvalue weighted by molar-refractivity contribution is 5.90. The number of hydrogen-bond acceptors (Lipinski definition) is 3. The van der Waals surface area contributed by atoms with E-state index in [-0.39, 0.29) is 5.97 Å². The van der Waals surface area contributed by atoms with Gasteiger partial charge >= 0.3 is 5.97 Å². The van der Waals surface area contributed by atoms with Crippen molar-refractivity contribution < 1.29 is 9.53 Å². The first-order valence-corrected chi connectivity index (χ1v) is 7.21. The molecule has 3 nitrogen and oxygen atoms in total. The van der Waals surface area contributed by atoms with Crippen molar-refractivity contribution in [2.45, 2.75) is 52.5 Å². The van der Waals surface area contributed by atoms with Gasteiger partial charge in [-0.15, -0.1) is 0 Å². The molecule has 0 heterocycles. The van der Waals surface area contributed by atoms with E-state index in [4.69, 9.17) is 4.74 Å². The molecule has 0 fully saturated rings. The number of nitrogens with one attached hydrogen (secondary N) is 1. The van der Waals surface area contributed by atoms with Crippen molar-refractivity contribution >= 4 is 11.7 Å². The summed E-state index contributed by atoms with van der Waals surface area (Å²) in [7, 11) is 0. The molecule has 0 aromatic heterocycles. The fourth-order valence-electron chi connectivity index (χ4n) is 2.01. The molecule has 1 aromatic carbocycles. The number of ether oxygens (including phenoxy) is 1. The van der Waals surface area contributed by atoms with Gasteiger partial charge in [-0.1, -0.05) is 32.3 Å². The Bertz CT molecular complexity index is 390. The molecule has 3 heteroatoms. The minimum atomic E-state index is -0.259. The van der Waals surface area contributed by atoms with Gasteiger partial charge in [0.2, 0.25) is 0 Å². The first-order valence-electron chi connectivity index (χ1n) is 7.21. The molecule has 1 atom stereocenters. The number of unbranched alkanes of at least 4 members (excludes halogenated alkanes) is 2. The zero-order valence-corrected chi connectivity index (χ0v) is 12.2. The second kappa shape index (κ2) is 8.57. The van der Waals surface area contributed by atoms with Gasteiger partial charge in [0.25, 0.3) is 0 Å². The van der Waals surface area contributed by atoms with Gasteiger partial charge in [-0.3, -0.25) is 0 Å². The Labute approximate surface area is 116 Å². The predicted molar refractivity (Wildman–Crippen MR) is 79.6 cm³/mol. The Hall–Kier alpha value is -1.51. The smallest absolute Gasteiger partial charge is 0.338 e. The van der Waals surface area contributed by atoms with E-state index in [2.05, 4.69) is 19.2 Å². The van der Waals surface area contributed by atoms with Crippen molar-refractivity contribution in [2.24, 2.45) is 0 Å². The lowest BCUT2D eigenvalue weighted by Gasteiger charge is -2.15. The van der Waals surface area contributed by atoms with Crippen LogP contribution < -0.4 is 5.32 Å². The average molecular weight is 263 g/mol. The van der Waals surface area contributed by atoms with Crippen LogP contribution in [0.1, 0.15) is 56.8 Å². The van der Waals surface area contributed by atoms with E-state index in [0.29, 0.717) is 18.2 Å². The van der Waals surface area contributed by atoms with Crippen molar-refractivity contribution in [2.75, 3.05) is 11.9 Å². The van der Waals surface area contributed by atoms with E-state index in [1.165, 1.54) is 19.3 Å². The van der Waals surface area contributed by atoms with Crippen LogP contribution in [0, 0.1) is 0 Å². The van der Waals surface area contributed by atoms with Gasteiger partial charge in [-0.05, 0) is 38.5 Å². The van der Waals surface area contributed by atoms with Crippen LogP contribution in [-0.2, 0) is 4.74 Å². The van der Waals surface area contributed by atoms with Crippen molar-refractivity contribution in [3.8, 4) is 0 Å². The summed E-state index contributed by atoms with van der Waals surface area (Å²) in [5.74, 6) is -0.259. The van der Waals surface area contributed by atoms with E-state index >= 15 is 0 Å². The lowest BCUT2D eigenvalue weighted by Crippen LogP contribution is -2.15. The molecule has 0 spiro atoms. The molecule has 0 amide bonds. The largest absolute Gasteiger partial charge is 0.462 e. The summed E-state index contributed by atoms with van der Waals surface area (Å²) < 4.78 is 5.00. The Balaban J connectivity index is 2.54. The molecule has 1 aromatic rings. The van der Waals surface area contributed by atoms with E-state index < -0.39 is 0 Å². The van der Waals surface area contributed by atoms with Crippen LogP contribution in [0.3, 0.4) is 0 Å². The van der Waals surface area contributed by atoms with Gasteiger partial charge in [0.15, 0.2) is 0 Å². The quantitative estimate of drug-likeness (QED) is 0.563. The monoisotopic (exact) mass is 263 g/mol. The first-order chi connectivity index (χ1) is 9.17. The molecule has 106 valence electrons. The zero-order chi connectivity index (χ0) is 14.1. The summed E-state index contributed by atoms with van der Waals surface area (Å²) in [5.41, 5.74) is 1.59. The van der Waals surface area contributed by atoms with Crippen molar-refractivity contribution in [1.82, 2.24) is 0 Å². The van der Waals surface area contributed by atoms with Crippen molar-refractivity contribution in [3.05, 3.63) is 29.8 Å². The third-order valence-corrected chi connectivity index (χ3v) is 3.03. The van der Waals surface area contributed by atoms with Gasteiger partial charge in [0.05, 0.1) is 12.2 Å². The van der Waals surface area contributed by atoms with E-state index in [9.17, 15) is 4.79 Å². The number of hydrogen-bond donors (Lipinski definition) is 1. The fourth-order valence-corrected chi connectivity index (χ4v) is 2.01. The topological polar surface area (TPSA) is 38.3 Å². The maximum absolute atomic E-state index is 11.6. The van der Waals surface area contributed by atoms with Crippen LogP contribution in [0.25, 0.3) is 0 Å². The highest BCUT2D eigenvalue weighted by Gasteiger charge is 2.08. The number of carbonyl (C=O) groups is 1. The van der Waals surface area contributed by atoms with E-state index in [1.54, 1.807) is 6.07 Å². The summed E-state index contributed by atoms with van der Waals surface area (Å²) in [6.45, 7) is 6.60. The summed E-state index contributed by atoms with van der Waals surface area (Å²) in [4.78, 5) is 11.6. The summed E-state index contributed by atoms with van der Waals surface area (Å²) in [6, 6.07) is 7.93. The molecule has 0 aliphatic carbocycles. The second-order valence-electron chi connectivity index (χ2n) is 4.84. The predicted octanol–water partition coefficient (Wildman–Crippen LogP) is 4.24. The molecule has 19 heavy (non-hydrogen) atoms.